The van der Waals surface area contributed by atoms with Gasteiger partial charge in [-0.3, -0.25) is 0 Å². The molecule has 1 N–H and O–H groups in total. The number of allylic oxidation sites excluding steroid dienone is 2. The second-order valence-corrected chi connectivity index (χ2v) is 2.61. The number of fused-ring (bicyclic) bond motifs is 1. The van der Waals surface area contributed by atoms with Gasteiger partial charge in [0.2, 0.25) is 0 Å². The molecule has 1 atom stereocenters. The highest BCUT2D eigenvalue weighted by Gasteiger charge is 2.20. The molecular formula is C8H10N2+. The number of hydrazone groups is 1. The minimum absolute atomic E-state index is 0.481. The van der Waals surface area contributed by atoms with Crippen molar-refractivity contribution in [3.05, 3.63) is 23.8 Å². The van der Waals surface area contributed by atoms with Gasteiger partial charge < -0.3 is 0 Å². The van der Waals surface area contributed by atoms with Crippen molar-refractivity contribution < 1.29 is 0 Å². The van der Waals surface area contributed by atoms with E-state index in [1.807, 2.05) is 6.21 Å². The Hall–Kier alpha value is -1.05. The summed E-state index contributed by atoms with van der Waals surface area (Å²) in [5.41, 5.74) is 4.53. The van der Waals surface area contributed by atoms with E-state index in [0.717, 1.165) is 12.8 Å². The van der Waals surface area contributed by atoms with Gasteiger partial charge in [0.15, 0.2) is 5.10 Å². The molecule has 0 aromatic heterocycles. The van der Waals surface area contributed by atoms with Gasteiger partial charge in [-0.05, 0) is 18.4 Å². The molecule has 2 rings (SSSR count). The Morgan fingerprint density at radius 2 is 2.50 bits per heavy atom. The molecule has 0 amide bonds. The zero-order valence-corrected chi connectivity index (χ0v) is 5.75. The van der Waals surface area contributed by atoms with Crippen LogP contribution in [-0.4, -0.2) is 12.3 Å². The van der Waals surface area contributed by atoms with E-state index in [1.54, 1.807) is 0 Å². The SMILES string of the molecule is C1=CCC2N[N+]=CC=C2C1. The van der Waals surface area contributed by atoms with Crippen LogP contribution in [0.25, 0.3) is 0 Å². The third kappa shape index (κ3) is 0.856. The predicted octanol–water partition coefficient (Wildman–Crippen LogP) is 0.556. The Balaban J connectivity index is 2.23. The van der Waals surface area contributed by atoms with Crippen LogP contribution >= 0.6 is 0 Å². The van der Waals surface area contributed by atoms with Gasteiger partial charge in [0.1, 0.15) is 6.04 Å². The molecule has 1 radical (unpaired) electrons. The second-order valence-electron chi connectivity index (χ2n) is 2.61. The summed E-state index contributed by atoms with van der Waals surface area (Å²) in [5.74, 6) is 0. The van der Waals surface area contributed by atoms with Crippen LogP contribution in [0.4, 0.5) is 0 Å². The standard InChI is InChI=1S/C8H10N2/c1-2-4-8-7(3-1)5-6-9-10-8/h1-2,5-6,8,10H,3-4H2/q+1. The summed E-state index contributed by atoms with van der Waals surface area (Å²) in [6.07, 6.45) is 10.5. The van der Waals surface area contributed by atoms with Gasteiger partial charge in [-0.15, -0.1) is 5.43 Å². The highest BCUT2D eigenvalue weighted by molar-refractivity contribution is 5.72. The van der Waals surface area contributed by atoms with Gasteiger partial charge in [0.05, 0.1) is 0 Å². The molecule has 51 valence electrons. The number of nitrogens with one attached hydrogen (secondary N) is 1. The van der Waals surface area contributed by atoms with E-state index < -0.39 is 0 Å². The fraction of sp³-hybridized carbons (Fsp3) is 0.375. The highest BCUT2D eigenvalue weighted by Crippen LogP contribution is 2.17. The van der Waals surface area contributed by atoms with Gasteiger partial charge in [0, 0.05) is 6.08 Å². The van der Waals surface area contributed by atoms with Crippen LogP contribution in [0.2, 0.25) is 0 Å². The molecule has 2 aliphatic rings. The minimum atomic E-state index is 0.481. The maximum absolute atomic E-state index is 3.98. The lowest BCUT2D eigenvalue weighted by Crippen LogP contribution is -2.36. The fourth-order valence-electron chi connectivity index (χ4n) is 1.33. The van der Waals surface area contributed by atoms with Gasteiger partial charge in [-0.1, -0.05) is 12.2 Å². The molecule has 0 aromatic carbocycles. The molecule has 1 aliphatic carbocycles. The highest BCUT2D eigenvalue weighted by atomic mass is 15.3. The Bertz CT molecular complexity index is 213. The van der Waals surface area contributed by atoms with Crippen LogP contribution in [-0.2, 0) is 0 Å². The lowest BCUT2D eigenvalue weighted by Gasteiger charge is -2.16. The first kappa shape index (κ1) is 5.71. The summed E-state index contributed by atoms with van der Waals surface area (Å²) >= 11 is 0. The van der Waals surface area contributed by atoms with Crippen molar-refractivity contribution in [1.82, 2.24) is 10.5 Å². The summed E-state index contributed by atoms with van der Waals surface area (Å²) in [4.78, 5) is 0. The predicted molar refractivity (Wildman–Crippen MR) is 41.6 cm³/mol. The van der Waals surface area contributed by atoms with Crippen LogP contribution in [0.3, 0.4) is 0 Å². The molecule has 1 unspecified atom stereocenters. The Kier molecular flexibility index (Phi) is 1.31. The van der Waals surface area contributed by atoms with Crippen LogP contribution in [0.5, 0.6) is 0 Å². The molecule has 0 bridgehead atoms. The topological polar surface area (TPSA) is 26.1 Å². The largest absolute Gasteiger partial charge is 0.274 e. The van der Waals surface area contributed by atoms with Crippen LogP contribution < -0.4 is 10.5 Å². The third-order valence-corrected chi connectivity index (χ3v) is 1.93. The van der Waals surface area contributed by atoms with Gasteiger partial charge >= 0.3 is 0 Å². The molecule has 0 saturated heterocycles. The summed E-state index contributed by atoms with van der Waals surface area (Å²) in [7, 11) is 0. The van der Waals surface area contributed by atoms with Crippen LogP contribution in [0.15, 0.2) is 23.8 Å². The lowest BCUT2D eigenvalue weighted by atomic mass is 9.95. The van der Waals surface area contributed by atoms with Crippen molar-refractivity contribution in [2.75, 3.05) is 0 Å². The van der Waals surface area contributed by atoms with E-state index in [1.165, 1.54) is 5.57 Å². The van der Waals surface area contributed by atoms with Crippen molar-refractivity contribution in [1.29, 1.82) is 0 Å². The van der Waals surface area contributed by atoms with Crippen molar-refractivity contribution in [3.8, 4) is 0 Å². The lowest BCUT2D eigenvalue weighted by molar-refractivity contribution is 0.540. The first-order chi connectivity index (χ1) is 4.97. The smallest absolute Gasteiger partial charge is 0.126 e. The Morgan fingerprint density at radius 3 is 3.40 bits per heavy atom. The third-order valence-electron chi connectivity index (χ3n) is 1.93. The zero-order valence-electron chi connectivity index (χ0n) is 5.75. The van der Waals surface area contributed by atoms with Crippen molar-refractivity contribution >= 4 is 6.21 Å². The molecule has 1 heterocycles. The number of hydrogen-bond donors (Lipinski definition) is 1. The van der Waals surface area contributed by atoms with Gasteiger partial charge in [-0.2, -0.15) is 0 Å². The summed E-state index contributed by atoms with van der Waals surface area (Å²) < 4.78 is 0. The van der Waals surface area contributed by atoms with Crippen LogP contribution in [0.1, 0.15) is 12.8 Å². The average molecular weight is 134 g/mol. The molecule has 1 aliphatic heterocycles. The van der Waals surface area contributed by atoms with E-state index >= 15 is 0 Å². The summed E-state index contributed by atoms with van der Waals surface area (Å²) in [6, 6.07) is 0.481. The monoisotopic (exact) mass is 134 g/mol. The maximum Gasteiger partial charge on any atom is 0.274 e. The second kappa shape index (κ2) is 2.29. The van der Waals surface area contributed by atoms with Gasteiger partial charge in [0.25, 0.3) is 6.21 Å². The Labute approximate surface area is 60.3 Å². The van der Waals surface area contributed by atoms with Crippen LogP contribution in [0, 0.1) is 0 Å². The Morgan fingerprint density at radius 1 is 1.50 bits per heavy atom. The van der Waals surface area contributed by atoms with E-state index in [2.05, 4.69) is 28.8 Å². The molecular weight excluding hydrogens is 124 g/mol. The number of rotatable bonds is 0. The minimum Gasteiger partial charge on any atom is -0.126 e. The van der Waals surface area contributed by atoms with E-state index in [-0.39, 0.29) is 0 Å². The quantitative estimate of drug-likeness (QED) is 0.481. The van der Waals surface area contributed by atoms with Gasteiger partial charge in [-0.25, -0.2) is 0 Å². The average Bonchev–Trinajstić information content (AvgIpc) is 2.05. The first-order valence-electron chi connectivity index (χ1n) is 3.59. The van der Waals surface area contributed by atoms with E-state index in [4.69, 9.17) is 0 Å². The van der Waals surface area contributed by atoms with E-state index in [9.17, 15) is 0 Å². The summed E-state index contributed by atoms with van der Waals surface area (Å²) in [6.45, 7) is 0. The fourth-order valence-corrected chi connectivity index (χ4v) is 1.33. The molecule has 0 saturated carbocycles. The molecule has 2 nitrogen and oxygen atoms in total. The zero-order chi connectivity index (χ0) is 6.81. The maximum atomic E-state index is 3.98. The molecule has 0 fully saturated rings. The molecule has 0 aromatic rings. The van der Waals surface area contributed by atoms with Crippen molar-refractivity contribution in [3.63, 3.8) is 0 Å². The van der Waals surface area contributed by atoms with Crippen molar-refractivity contribution in [2.45, 2.75) is 18.9 Å². The molecule has 2 heteroatoms. The number of hydrogen-bond acceptors (Lipinski definition) is 2. The number of nitrogens with zero attached hydrogens (tertiary/aromatic N) is 1. The molecule has 0 spiro atoms. The molecule has 10 heavy (non-hydrogen) atoms. The summed E-state index contributed by atoms with van der Waals surface area (Å²) in [5, 5.41) is 3.98. The normalized spacial score (nSPS) is 28.8. The van der Waals surface area contributed by atoms with Crippen molar-refractivity contribution in [2.24, 2.45) is 0 Å². The first-order valence-corrected chi connectivity index (χ1v) is 3.59. The van der Waals surface area contributed by atoms with E-state index in [0.29, 0.717) is 6.04 Å².